The van der Waals surface area contributed by atoms with Gasteiger partial charge in [-0.25, -0.2) is 0 Å². The Bertz CT molecular complexity index is 390. The van der Waals surface area contributed by atoms with Crippen LogP contribution in [-0.4, -0.2) is 24.9 Å². The first-order chi connectivity index (χ1) is 8.13. The second-order valence-electron chi connectivity index (χ2n) is 3.46. The molecule has 5 nitrogen and oxygen atoms in total. The molecule has 0 spiro atoms. The molecule has 0 unspecified atom stereocenters. The molecule has 1 aromatic rings. The van der Waals surface area contributed by atoms with E-state index in [1.807, 2.05) is 6.92 Å². The Labute approximate surface area is 108 Å². The van der Waals surface area contributed by atoms with Crippen molar-refractivity contribution >= 4 is 27.7 Å². The zero-order chi connectivity index (χ0) is 12.7. The van der Waals surface area contributed by atoms with Gasteiger partial charge in [0, 0.05) is 19.5 Å². The van der Waals surface area contributed by atoms with E-state index < -0.39 is 0 Å². The van der Waals surface area contributed by atoms with Crippen LogP contribution >= 0.6 is 15.9 Å². The number of hydrogen-bond donors (Lipinski definition) is 2. The quantitative estimate of drug-likeness (QED) is 0.840. The molecule has 0 saturated carbocycles. The van der Waals surface area contributed by atoms with E-state index in [4.69, 9.17) is 4.42 Å². The highest BCUT2D eigenvalue weighted by molar-refractivity contribution is 9.10. The number of furan rings is 1. The average Bonchev–Trinajstić information content (AvgIpc) is 2.73. The Morgan fingerprint density at radius 2 is 2.06 bits per heavy atom. The second kappa shape index (κ2) is 7.11. The van der Waals surface area contributed by atoms with E-state index >= 15 is 0 Å². The van der Waals surface area contributed by atoms with Gasteiger partial charge in [0.2, 0.25) is 5.91 Å². The minimum absolute atomic E-state index is 0.0622. The first-order valence-corrected chi connectivity index (χ1v) is 6.23. The van der Waals surface area contributed by atoms with Crippen molar-refractivity contribution in [2.24, 2.45) is 0 Å². The summed E-state index contributed by atoms with van der Waals surface area (Å²) in [7, 11) is 0. The van der Waals surface area contributed by atoms with Crippen LogP contribution in [0.1, 0.15) is 30.3 Å². The smallest absolute Gasteiger partial charge is 0.287 e. The molecule has 6 heteroatoms. The number of rotatable bonds is 6. The zero-order valence-electron chi connectivity index (χ0n) is 9.59. The lowest BCUT2D eigenvalue weighted by Gasteiger charge is -2.04. The fraction of sp³-hybridized carbons (Fsp3) is 0.455. The molecule has 0 fully saturated rings. The molecular weight excluding hydrogens is 288 g/mol. The van der Waals surface area contributed by atoms with Crippen molar-refractivity contribution in [3.63, 3.8) is 0 Å². The van der Waals surface area contributed by atoms with E-state index in [1.165, 1.54) is 0 Å². The predicted molar refractivity (Wildman–Crippen MR) is 66.7 cm³/mol. The molecule has 0 bridgehead atoms. The molecule has 0 aliphatic rings. The first kappa shape index (κ1) is 13.8. The normalized spacial score (nSPS) is 10.0. The number of amides is 2. The summed E-state index contributed by atoms with van der Waals surface area (Å²) in [6.45, 7) is 2.95. The van der Waals surface area contributed by atoms with Crippen molar-refractivity contribution in [1.29, 1.82) is 0 Å². The van der Waals surface area contributed by atoms with Gasteiger partial charge < -0.3 is 15.1 Å². The molecule has 0 aliphatic carbocycles. The summed E-state index contributed by atoms with van der Waals surface area (Å²) in [5.74, 6) is -0.155. The molecule has 0 aromatic carbocycles. The third-order valence-electron chi connectivity index (χ3n) is 2.01. The first-order valence-electron chi connectivity index (χ1n) is 5.43. The van der Waals surface area contributed by atoms with E-state index in [1.54, 1.807) is 12.1 Å². The van der Waals surface area contributed by atoms with Crippen LogP contribution in [0.3, 0.4) is 0 Å². The summed E-state index contributed by atoms with van der Waals surface area (Å²) in [5, 5.41) is 5.33. The van der Waals surface area contributed by atoms with Gasteiger partial charge in [-0.1, -0.05) is 6.92 Å². The van der Waals surface area contributed by atoms with Gasteiger partial charge in [0.1, 0.15) is 0 Å². The number of hydrogen-bond acceptors (Lipinski definition) is 3. The standard InChI is InChI=1S/C11H15BrN2O3/c1-2-6-13-10(15)5-7-14-11(16)8-3-4-9(12)17-8/h3-4H,2,5-7H2,1H3,(H,13,15)(H,14,16). The Hall–Kier alpha value is -1.30. The number of halogens is 1. The topological polar surface area (TPSA) is 71.3 Å². The largest absolute Gasteiger partial charge is 0.444 e. The molecule has 0 saturated heterocycles. The second-order valence-corrected chi connectivity index (χ2v) is 4.24. The Balaban J connectivity index is 2.23. The summed E-state index contributed by atoms with van der Waals surface area (Å²) in [5.41, 5.74) is 0. The highest BCUT2D eigenvalue weighted by Gasteiger charge is 2.10. The fourth-order valence-corrected chi connectivity index (χ4v) is 1.47. The van der Waals surface area contributed by atoms with Gasteiger partial charge in [-0.15, -0.1) is 0 Å². The molecule has 0 atom stereocenters. The van der Waals surface area contributed by atoms with Crippen LogP contribution in [0.4, 0.5) is 0 Å². The lowest BCUT2D eigenvalue weighted by Crippen LogP contribution is -2.30. The summed E-state index contributed by atoms with van der Waals surface area (Å²) in [6, 6.07) is 3.21. The third kappa shape index (κ3) is 5.04. The Morgan fingerprint density at radius 3 is 2.65 bits per heavy atom. The number of carbonyl (C=O) groups is 2. The van der Waals surface area contributed by atoms with Crippen LogP contribution < -0.4 is 10.6 Å². The maximum Gasteiger partial charge on any atom is 0.287 e. The lowest BCUT2D eigenvalue weighted by molar-refractivity contribution is -0.120. The van der Waals surface area contributed by atoms with Gasteiger partial charge in [-0.05, 0) is 34.5 Å². The van der Waals surface area contributed by atoms with Crippen LogP contribution in [-0.2, 0) is 4.79 Å². The molecule has 2 N–H and O–H groups in total. The molecule has 1 heterocycles. The summed E-state index contributed by atoms with van der Waals surface area (Å²) < 4.78 is 5.57. The van der Waals surface area contributed by atoms with Crippen LogP contribution in [0.25, 0.3) is 0 Å². The minimum atomic E-state index is -0.320. The van der Waals surface area contributed by atoms with Gasteiger partial charge in [-0.3, -0.25) is 9.59 Å². The fourth-order valence-electron chi connectivity index (χ4n) is 1.17. The Kier molecular flexibility index (Phi) is 5.76. The number of carbonyl (C=O) groups excluding carboxylic acids is 2. The molecule has 2 amide bonds. The Morgan fingerprint density at radius 1 is 1.29 bits per heavy atom. The van der Waals surface area contributed by atoms with E-state index in [-0.39, 0.29) is 24.0 Å². The molecule has 0 radical (unpaired) electrons. The summed E-state index contributed by atoms with van der Waals surface area (Å²) in [4.78, 5) is 22.7. The summed E-state index contributed by atoms with van der Waals surface area (Å²) >= 11 is 3.11. The van der Waals surface area contributed by atoms with Crippen LogP contribution in [0.2, 0.25) is 0 Å². The van der Waals surface area contributed by atoms with Gasteiger partial charge in [0.25, 0.3) is 5.91 Å². The SMILES string of the molecule is CCCNC(=O)CCNC(=O)c1ccc(Br)o1. The number of nitrogens with one attached hydrogen (secondary N) is 2. The van der Waals surface area contributed by atoms with Gasteiger partial charge in [0.15, 0.2) is 10.4 Å². The van der Waals surface area contributed by atoms with Crippen molar-refractivity contribution in [3.05, 3.63) is 22.6 Å². The van der Waals surface area contributed by atoms with E-state index in [2.05, 4.69) is 26.6 Å². The van der Waals surface area contributed by atoms with Gasteiger partial charge in [-0.2, -0.15) is 0 Å². The maximum atomic E-state index is 11.5. The maximum absolute atomic E-state index is 11.5. The highest BCUT2D eigenvalue weighted by Crippen LogP contribution is 2.13. The van der Waals surface area contributed by atoms with Crippen molar-refractivity contribution in [2.45, 2.75) is 19.8 Å². The monoisotopic (exact) mass is 302 g/mol. The summed E-state index contributed by atoms with van der Waals surface area (Å²) in [6.07, 6.45) is 1.17. The van der Waals surface area contributed by atoms with E-state index in [0.29, 0.717) is 17.8 Å². The van der Waals surface area contributed by atoms with Crippen molar-refractivity contribution in [1.82, 2.24) is 10.6 Å². The molecule has 17 heavy (non-hydrogen) atoms. The molecule has 94 valence electrons. The molecule has 1 rings (SSSR count). The predicted octanol–water partition coefficient (Wildman–Crippen LogP) is 1.69. The van der Waals surface area contributed by atoms with Crippen molar-refractivity contribution < 1.29 is 14.0 Å². The van der Waals surface area contributed by atoms with E-state index in [9.17, 15) is 9.59 Å². The molecular formula is C11H15BrN2O3. The van der Waals surface area contributed by atoms with Gasteiger partial charge in [0.05, 0.1) is 0 Å². The lowest BCUT2D eigenvalue weighted by atomic mass is 10.3. The van der Waals surface area contributed by atoms with Crippen LogP contribution in [0.15, 0.2) is 21.2 Å². The van der Waals surface area contributed by atoms with Crippen molar-refractivity contribution in [3.8, 4) is 0 Å². The molecule has 1 aromatic heterocycles. The highest BCUT2D eigenvalue weighted by atomic mass is 79.9. The van der Waals surface area contributed by atoms with Gasteiger partial charge >= 0.3 is 0 Å². The minimum Gasteiger partial charge on any atom is -0.444 e. The van der Waals surface area contributed by atoms with Crippen molar-refractivity contribution in [2.75, 3.05) is 13.1 Å². The zero-order valence-corrected chi connectivity index (χ0v) is 11.2. The average molecular weight is 303 g/mol. The van der Waals surface area contributed by atoms with Crippen LogP contribution in [0.5, 0.6) is 0 Å². The van der Waals surface area contributed by atoms with Crippen LogP contribution in [0, 0.1) is 0 Å². The molecule has 0 aliphatic heterocycles. The third-order valence-corrected chi connectivity index (χ3v) is 2.43. The van der Waals surface area contributed by atoms with E-state index in [0.717, 1.165) is 6.42 Å².